The van der Waals surface area contributed by atoms with Gasteiger partial charge in [0.1, 0.15) is 5.02 Å². The molecule has 1 aromatic carbocycles. The SMILES string of the molecule is Cc1cn(-c2nc(Nc3cnn(C4CCN(C(=O)O)CC4)c3)ncc2Cl)c2ccc([N+](=O)[O-])cc12. The zero-order chi connectivity index (χ0) is 24.7. The number of nitrogens with zero attached hydrogens (tertiary/aromatic N) is 7. The zero-order valence-corrected chi connectivity index (χ0v) is 19.4. The summed E-state index contributed by atoms with van der Waals surface area (Å²) in [5, 5.41) is 28.9. The van der Waals surface area contributed by atoms with E-state index >= 15 is 0 Å². The van der Waals surface area contributed by atoms with E-state index in [0.717, 1.165) is 16.5 Å². The van der Waals surface area contributed by atoms with Crippen LogP contribution in [0.15, 0.2) is 43.0 Å². The first-order chi connectivity index (χ1) is 16.8. The third-order valence-electron chi connectivity index (χ3n) is 6.12. The van der Waals surface area contributed by atoms with E-state index in [9.17, 15) is 14.9 Å². The molecule has 4 aromatic rings. The average molecular weight is 497 g/mol. The number of carbonyl (C=O) groups is 1. The number of amides is 1. The van der Waals surface area contributed by atoms with Gasteiger partial charge in [0.25, 0.3) is 5.69 Å². The van der Waals surface area contributed by atoms with Crippen LogP contribution >= 0.6 is 11.6 Å². The van der Waals surface area contributed by atoms with Gasteiger partial charge in [-0.25, -0.2) is 9.78 Å². The molecule has 1 amide bonds. The summed E-state index contributed by atoms with van der Waals surface area (Å²) in [6.45, 7) is 2.81. The minimum absolute atomic E-state index is 0.0140. The lowest BCUT2D eigenvalue weighted by atomic mass is 10.1. The van der Waals surface area contributed by atoms with E-state index < -0.39 is 11.0 Å². The number of nitro benzene ring substituents is 1. The number of fused-ring (bicyclic) bond motifs is 1. The molecular formula is C22H21ClN8O4. The predicted molar refractivity (Wildman–Crippen MR) is 129 cm³/mol. The standard InChI is InChI=1S/C22H21ClN8O4/c1-13-11-29(19-3-2-16(31(34)35)8-17(13)19)20-18(23)10-24-21(27-20)26-14-9-25-30(12-14)15-4-6-28(7-5-15)22(32)33/h2-3,8-12,15H,4-7H2,1H3,(H,32,33)(H,24,26,27). The lowest BCUT2D eigenvalue weighted by Gasteiger charge is -2.29. The molecular weight excluding hydrogens is 476 g/mol. The summed E-state index contributed by atoms with van der Waals surface area (Å²) in [6.07, 6.45) is 7.30. The van der Waals surface area contributed by atoms with E-state index in [4.69, 9.17) is 16.7 Å². The van der Waals surface area contributed by atoms with E-state index in [0.29, 0.717) is 48.4 Å². The highest BCUT2D eigenvalue weighted by atomic mass is 35.5. The number of likely N-dealkylation sites (tertiary alicyclic amines) is 1. The first-order valence-corrected chi connectivity index (χ1v) is 11.3. The molecule has 12 nitrogen and oxygen atoms in total. The molecule has 1 aliphatic heterocycles. The third-order valence-corrected chi connectivity index (χ3v) is 6.39. The van der Waals surface area contributed by atoms with Crippen LogP contribution in [0.3, 0.4) is 0 Å². The molecule has 0 spiro atoms. The molecule has 0 saturated carbocycles. The summed E-state index contributed by atoms with van der Waals surface area (Å²) in [6, 6.07) is 4.76. The van der Waals surface area contributed by atoms with Crippen LogP contribution in [0, 0.1) is 17.0 Å². The monoisotopic (exact) mass is 496 g/mol. The maximum absolute atomic E-state index is 11.2. The fourth-order valence-electron chi connectivity index (χ4n) is 4.31. The number of rotatable bonds is 5. The molecule has 5 rings (SSSR count). The van der Waals surface area contributed by atoms with Gasteiger partial charge in [-0.05, 0) is 31.4 Å². The van der Waals surface area contributed by atoms with E-state index in [2.05, 4.69) is 20.4 Å². The number of nitro groups is 1. The van der Waals surface area contributed by atoms with Crippen molar-refractivity contribution >= 4 is 45.9 Å². The van der Waals surface area contributed by atoms with E-state index in [-0.39, 0.29) is 11.7 Å². The molecule has 3 aromatic heterocycles. The molecule has 180 valence electrons. The van der Waals surface area contributed by atoms with Gasteiger partial charge in [0.05, 0.1) is 34.6 Å². The number of anilines is 2. The number of nitrogens with one attached hydrogen (secondary N) is 1. The summed E-state index contributed by atoms with van der Waals surface area (Å²) in [4.78, 5) is 32.1. The van der Waals surface area contributed by atoms with Crippen LogP contribution in [0.4, 0.5) is 22.1 Å². The van der Waals surface area contributed by atoms with Crippen LogP contribution < -0.4 is 5.32 Å². The Morgan fingerprint density at radius 2 is 2.03 bits per heavy atom. The lowest BCUT2D eigenvalue weighted by Crippen LogP contribution is -2.38. The average Bonchev–Trinajstić information content (AvgIpc) is 3.44. The van der Waals surface area contributed by atoms with Crippen LogP contribution in [0.25, 0.3) is 16.7 Å². The highest BCUT2D eigenvalue weighted by molar-refractivity contribution is 6.32. The zero-order valence-electron chi connectivity index (χ0n) is 18.6. The Bertz CT molecular complexity index is 1440. The fraction of sp³-hybridized carbons (Fsp3) is 0.273. The van der Waals surface area contributed by atoms with Crippen molar-refractivity contribution < 1.29 is 14.8 Å². The van der Waals surface area contributed by atoms with E-state index in [1.54, 1.807) is 16.8 Å². The molecule has 0 radical (unpaired) electrons. The van der Waals surface area contributed by atoms with Gasteiger partial charge in [-0.1, -0.05) is 11.6 Å². The fourth-order valence-corrected chi connectivity index (χ4v) is 4.49. The van der Waals surface area contributed by atoms with Crippen molar-refractivity contribution in [2.45, 2.75) is 25.8 Å². The minimum Gasteiger partial charge on any atom is -0.465 e. The second-order valence-corrected chi connectivity index (χ2v) is 8.75. The number of hydrogen-bond acceptors (Lipinski definition) is 7. The van der Waals surface area contributed by atoms with Crippen LogP contribution in [0.2, 0.25) is 5.02 Å². The number of carboxylic acid groups (broad SMARTS) is 1. The molecule has 1 fully saturated rings. The minimum atomic E-state index is -0.897. The van der Waals surface area contributed by atoms with Gasteiger partial charge in [-0.3, -0.25) is 19.4 Å². The molecule has 2 N–H and O–H groups in total. The Morgan fingerprint density at radius 1 is 1.26 bits per heavy atom. The van der Waals surface area contributed by atoms with Gasteiger partial charge in [0, 0.05) is 43.0 Å². The normalized spacial score (nSPS) is 14.4. The number of benzene rings is 1. The van der Waals surface area contributed by atoms with Gasteiger partial charge in [-0.2, -0.15) is 10.1 Å². The summed E-state index contributed by atoms with van der Waals surface area (Å²) < 4.78 is 3.61. The quantitative estimate of drug-likeness (QED) is 0.302. The molecule has 0 bridgehead atoms. The summed E-state index contributed by atoms with van der Waals surface area (Å²) in [5.74, 6) is 0.746. The number of halogens is 1. The Morgan fingerprint density at radius 3 is 2.74 bits per heavy atom. The molecule has 13 heteroatoms. The third kappa shape index (κ3) is 4.35. The molecule has 0 aliphatic carbocycles. The number of aromatic nitrogens is 5. The van der Waals surface area contributed by atoms with Crippen molar-refractivity contribution in [3.05, 3.63) is 63.7 Å². The van der Waals surface area contributed by atoms with E-state index in [1.807, 2.05) is 24.0 Å². The highest BCUT2D eigenvalue weighted by Crippen LogP contribution is 2.30. The predicted octanol–water partition coefficient (Wildman–Crippen LogP) is 4.55. The van der Waals surface area contributed by atoms with Crippen molar-refractivity contribution in [2.24, 2.45) is 0 Å². The summed E-state index contributed by atoms with van der Waals surface area (Å²) >= 11 is 6.42. The van der Waals surface area contributed by atoms with Crippen molar-refractivity contribution in [1.29, 1.82) is 0 Å². The van der Waals surface area contributed by atoms with Gasteiger partial charge >= 0.3 is 6.09 Å². The Labute approximate surface area is 203 Å². The van der Waals surface area contributed by atoms with Crippen molar-refractivity contribution in [3.8, 4) is 5.82 Å². The van der Waals surface area contributed by atoms with Crippen LogP contribution in [-0.2, 0) is 0 Å². The van der Waals surface area contributed by atoms with Crippen LogP contribution in [0.5, 0.6) is 0 Å². The lowest BCUT2D eigenvalue weighted by molar-refractivity contribution is -0.384. The summed E-state index contributed by atoms with van der Waals surface area (Å²) in [7, 11) is 0. The molecule has 1 aliphatic rings. The smallest absolute Gasteiger partial charge is 0.407 e. The van der Waals surface area contributed by atoms with Gasteiger partial charge < -0.3 is 15.3 Å². The number of aryl methyl sites for hydroxylation is 1. The topological polar surface area (TPSA) is 144 Å². The van der Waals surface area contributed by atoms with Crippen LogP contribution in [-0.4, -0.2) is 58.4 Å². The van der Waals surface area contributed by atoms with Gasteiger partial charge in [-0.15, -0.1) is 0 Å². The van der Waals surface area contributed by atoms with Crippen molar-refractivity contribution in [2.75, 3.05) is 18.4 Å². The summed E-state index contributed by atoms with van der Waals surface area (Å²) in [5.41, 5.74) is 2.28. The first-order valence-electron chi connectivity index (χ1n) is 10.9. The second-order valence-electron chi connectivity index (χ2n) is 8.34. The molecule has 0 unspecified atom stereocenters. The second kappa shape index (κ2) is 8.87. The van der Waals surface area contributed by atoms with Crippen molar-refractivity contribution in [3.63, 3.8) is 0 Å². The Hall–Kier alpha value is -4.19. The largest absolute Gasteiger partial charge is 0.465 e. The van der Waals surface area contributed by atoms with Gasteiger partial charge in [0.15, 0.2) is 5.82 Å². The molecule has 4 heterocycles. The maximum Gasteiger partial charge on any atom is 0.407 e. The number of non-ortho nitro benzene ring substituents is 1. The maximum atomic E-state index is 11.2. The van der Waals surface area contributed by atoms with Crippen LogP contribution in [0.1, 0.15) is 24.4 Å². The number of piperidine rings is 1. The number of hydrogen-bond donors (Lipinski definition) is 2. The highest BCUT2D eigenvalue weighted by Gasteiger charge is 2.24. The van der Waals surface area contributed by atoms with E-state index in [1.165, 1.54) is 23.2 Å². The Kier molecular flexibility index (Phi) is 5.73. The molecule has 1 saturated heterocycles. The van der Waals surface area contributed by atoms with Crippen molar-refractivity contribution in [1.82, 2.24) is 29.2 Å². The molecule has 0 atom stereocenters. The van der Waals surface area contributed by atoms with Gasteiger partial charge in [0.2, 0.25) is 5.95 Å². The first kappa shape index (κ1) is 22.6. The Balaban J connectivity index is 1.39. The molecule has 35 heavy (non-hydrogen) atoms.